The number of hydrogen-bond acceptors (Lipinski definition) is 5. The van der Waals surface area contributed by atoms with Gasteiger partial charge in [-0.1, -0.05) is 19.1 Å². The molecule has 1 aromatic carbocycles. The van der Waals surface area contributed by atoms with Crippen LogP contribution < -0.4 is 4.90 Å². The highest BCUT2D eigenvalue weighted by Gasteiger charge is 2.31. The van der Waals surface area contributed by atoms with Crippen LogP contribution in [0.5, 0.6) is 0 Å². The maximum atomic E-state index is 9.72. The second-order valence-corrected chi connectivity index (χ2v) is 8.29. The SMILES string of the molecule is CCN1CCN(C2CCN(c3cc(C)c(C#N)c4nc5ccccc5n34)C2)CC1. The van der Waals surface area contributed by atoms with Crippen LogP contribution in [-0.2, 0) is 0 Å². The van der Waals surface area contributed by atoms with Crippen molar-refractivity contribution in [3.8, 4) is 6.07 Å². The van der Waals surface area contributed by atoms with E-state index in [4.69, 9.17) is 4.98 Å². The molecule has 0 radical (unpaired) electrons. The molecular formula is C23H28N6. The molecule has 0 aliphatic carbocycles. The Morgan fingerprint density at radius 1 is 1.14 bits per heavy atom. The van der Waals surface area contributed by atoms with Gasteiger partial charge in [-0.25, -0.2) is 4.98 Å². The van der Waals surface area contributed by atoms with Crippen molar-refractivity contribution < 1.29 is 0 Å². The van der Waals surface area contributed by atoms with Gasteiger partial charge in [-0.05, 0) is 43.7 Å². The Kier molecular flexibility index (Phi) is 4.65. The van der Waals surface area contributed by atoms with Crippen LogP contribution in [0.1, 0.15) is 24.5 Å². The van der Waals surface area contributed by atoms with Gasteiger partial charge in [0, 0.05) is 45.3 Å². The van der Waals surface area contributed by atoms with Gasteiger partial charge in [0.2, 0.25) is 0 Å². The molecule has 4 heterocycles. The van der Waals surface area contributed by atoms with Crippen molar-refractivity contribution in [2.45, 2.75) is 26.3 Å². The van der Waals surface area contributed by atoms with Gasteiger partial charge in [0.1, 0.15) is 11.9 Å². The maximum absolute atomic E-state index is 9.72. The molecule has 5 rings (SSSR count). The van der Waals surface area contributed by atoms with Crippen molar-refractivity contribution in [3.63, 3.8) is 0 Å². The fourth-order valence-corrected chi connectivity index (χ4v) is 5.00. The van der Waals surface area contributed by atoms with Crippen molar-refractivity contribution in [3.05, 3.63) is 41.5 Å². The molecular weight excluding hydrogens is 360 g/mol. The molecule has 1 unspecified atom stereocenters. The number of nitriles is 1. The van der Waals surface area contributed by atoms with E-state index in [1.54, 1.807) is 0 Å². The van der Waals surface area contributed by atoms with E-state index in [-0.39, 0.29) is 0 Å². The molecule has 0 spiro atoms. The molecule has 1 atom stereocenters. The Morgan fingerprint density at radius 2 is 1.93 bits per heavy atom. The summed E-state index contributed by atoms with van der Waals surface area (Å²) < 4.78 is 2.19. The number of likely N-dealkylation sites (N-methyl/N-ethyl adjacent to an activating group) is 1. The lowest BCUT2D eigenvalue weighted by molar-refractivity contribution is 0.107. The summed E-state index contributed by atoms with van der Waals surface area (Å²) in [6.07, 6.45) is 1.19. The molecule has 29 heavy (non-hydrogen) atoms. The Morgan fingerprint density at radius 3 is 2.69 bits per heavy atom. The molecule has 6 heteroatoms. The summed E-state index contributed by atoms with van der Waals surface area (Å²) in [5, 5.41) is 9.72. The highest BCUT2D eigenvalue weighted by atomic mass is 15.3. The van der Waals surface area contributed by atoms with Crippen molar-refractivity contribution in [2.75, 3.05) is 50.7 Å². The van der Waals surface area contributed by atoms with Crippen molar-refractivity contribution in [1.29, 1.82) is 5.26 Å². The Bertz CT molecular complexity index is 1090. The van der Waals surface area contributed by atoms with E-state index < -0.39 is 0 Å². The predicted octanol–water partition coefficient (Wildman–Crippen LogP) is 2.88. The van der Waals surface area contributed by atoms with Crippen molar-refractivity contribution >= 4 is 22.5 Å². The Balaban J connectivity index is 1.50. The standard InChI is InChI=1S/C23H28N6/c1-3-26-10-12-27(13-11-26)18-8-9-28(16-18)22-14-17(2)19(15-24)23-25-20-6-4-5-7-21(20)29(22)23/h4-7,14,18H,3,8-13,16H2,1-2H3. The fourth-order valence-electron chi connectivity index (χ4n) is 5.00. The maximum Gasteiger partial charge on any atom is 0.157 e. The summed E-state index contributed by atoms with van der Waals surface area (Å²) >= 11 is 0. The average Bonchev–Trinajstić information content (AvgIpc) is 3.39. The molecule has 3 aromatic rings. The third-order valence-corrected chi connectivity index (χ3v) is 6.72. The van der Waals surface area contributed by atoms with E-state index in [2.05, 4.69) is 44.2 Å². The zero-order valence-corrected chi connectivity index (χ0v) is 17.3. The molecule has 0 saturated carbocycles. The monoisotopic (exact) mass is 388 g/mol. The number of rotatable bonds is 3. The molecule has 0 N–H and O–H groups in total. The summed E-state index contributed by atoms with van der Waals surface area (Å²) in [5.74, 6) is 1.17. The minimum Gasteiger partial charge on any atom is -0.356 e. The van der Waals surface area contributed by atoms with Crippen LogP contribution in [0.25, 0.3) is 16.7 Å². The number of aryl methyl sites for hydroxylation is 1. The first-order valence-electron chi connectivity index (χ1n) is 10.7. The lowest BCUT2D eigenvalue weighted by Crippen LogP contribution is -2.50. The lowest BCUT2D eigenvalue weighted by Gasteiger charge is -2.37. The third kappa shape index (κ3) is 3.06. The number of para-hydroxylation sites is 2. The summed E-state index contributed by atoms with van der Waals surface area (Å²) in [6, 6.07) is 13.3. The molecule has 0 amide bonds. The summed E-state index contributed by atoms with van der Waals surface area (Å²) in [5.41, 5.74) is 4.49. The van der Waals surface area contributed by atoms with Crippen LogP contribution >= 0.6 is 0 Å². The summed E-state index contributed by atoms with van der Waals surface area (Å²) in [6.45, 7) is 12.2. The normalized spacial score (nSPS) is 21.3. The predicted molar refractivity (Wildman–Crippen MR) is 116 cm³/mol. The quantitative estimate of drug-likeness (QED) is 0.691. The minimum absolute atomic E-state index is 0.606. The average molecular weight is 389 g/mol. The van der Waals surface area contributed by atoms with Gasteiger partial charge < -0.3 is 9.80 Å². The number of imidazole rings is 1. The molecule has 150 valence electrons. The largest absolute Gasteiger partial charge is 0.356 e. The molecule has 0 bridgehead atoms. The number of piperazine rings is 1. The topological polar surface area (TPSA) is 50.8 Å². The third-order valence-electron chi connectivity index (χ3n) is 6.72. The first-order chi connectivity index (χ1) is 14.2. The number of fused-ring (bicyclic) bond motifs is 3. The highest BCUT2D eigenvalue weighted by molar-refractivity contribution is 5.85. The lowest BCUT2D eigenvalue weighted by atomic mass is 10.1. The Hall–Kier alpha value is -2.62. The van der Waals surface area contributed by atoms with Gasteiger partial charge in [-0.2, -0.15) is 5.26 Å². The fraction of sp³-hybridized carbons (Fsp3) is 0.478. The van der Waals surface area contributed by atoms with E-state index in [0.29, 0.717) is 11.6 Å². The minimum atomic E-state index is 0.606. The van der Waals surface area contributed by atoms with Gasteiger partial charge >= 0.3 is 0 Å². The number of pyridine rings is 1. The van der Waals surface area contributed by atoms with Gasteiger partial charge in [0.25, 0.3) is 0 Å². The van der Waals surface area contributed by atoms with E-state index in [1.807, 2.05) is 25.1 Å². The molecule has 2 aliphatic heterocycles. The number of anilines is 1. The van der Waals surface area contributed by atoms with Crippen molar-refractivity contribution in [2.24, 2.45) is 0 Å². The van der Waals surface area contributed by atoms with Crippen molar-refractivity contribution in [1.82, 2.24) is 19.2 Å². The van der Waals surface area contributed by atoms with Gasteiger partial charge in [0.05, 0.1) is 16.6 Å². The molecule has 2 aromatic heterocycles. The molecule has 2 aliphatic rings. The van der Waals surface area contributed by atoms with Crippen LogP contribution in [0.2, 0.25) is 0 Å². The summed E-state index contributed by atoms with van der Waals surface area (Å²) in [4.78, 5) is 12.5. The zero-order valence-electron chi connectivity index (χ0n) is 17.3. The smallest absolute Gasteiger partial charge is 0.157 e. The van der Waals surface area contributed by atoms with Gasteiger partial charge in [-0.15, -0.1) is 0 Å². The number of aromatic nitrogens is 2. The molecule has 2 fully saturated rings. The molecule has 6 nitrogen and oxygen atoms in total. The Labute approximate surface area is 171 Å². The van der Waals surface area contributed by atoms with Crippen LogP contribution in [0.3, 0.4) is 0 Å². The van der Waals surface area contributed by atoms with Crippen LogP contribution in [-0.4, -0.2) is 71.0 Å². The van der Waals surface area contributed by atoms with Gasteiger partial charge in [-0.3, -0.25) is 9.30 Å². The first-order valence-corrected chi connectivity index (χ1v) is 10.7. The van der Waals surface area contributed by atoms with E-state index in [0.717, 1.165) is 41.9 Å². The van der Waals surface area contributed by atoms with E-state index in [9.17, 15) is 5.26 Å². The highest BCUT2D eigenvalue weighted by Crippen LogP contribution is 2.31. The second-order valence-electron chi connectivity index (χ2n) is 8.29. The van der Waals surface area contributed by atoms with E-state index >= 15 is 0 Å². The van der Waals surface area contributed by atoms with Gasteiger partial charge in [0.15, 0.2) is 5.65 Å². The number of hydrogen-bond donors (Lipinski definition) is 0. The zero-order chi connectivity index (χ0) is 20.0. The summed E-state index contributed by atoms with van der Waals surface area (Å²) in [7, 11) is 0. The van der Waals surface area contributed by atoms with E-state index in [1.165, 1.54) is 38.4 Å². The van der Waals surface area contributed by atoms with Crippen LogP contribution in [0.15, 0.2) is 30.3 Å². The first kappa shape index (κ1) is 18.4. The number of benzene rings is 1. The number of nitrogens with zero attached hydrogens (tertiary/aromatic N) is 6. The van der Waals surface area contributed by atoms with Crippen LogP contribution in [0.4, 0.5) is 5.82 Å². The second kappa shape index (κ2) is 7.33. The molecule has 2 saturated heterocycles. The van der Waals surface area contributed by atoms with Crippen LogP contribution in [0, 0.1) is 18.3 Å².